The number of carbonyl (C=O) groups excluding carboxylic acids is 2. The molecule has 0 saturated carbocycles. The van der Waals surface area contributed by atoms with Gasteiger partial charge in [0.05, 0.1) is 26.4 Å². The summed E-state index contributed by atoms with van der Waals surface area (Å²) in [7, 11) is 2.68. The van der Waals surface area contributed by atoms with Gasteiger partial charge in [-0.05, 0) is 0 Å². The van der Waals surface area contributed by atoms with Crippen LogP contribution in [-0.2, 0) is 19.1 Å². The third-order valence-electron chi connectivity index (χ3n) is 3.19. The van der Waals surface area contributed by atoms with Crippen molar-refractivity contribution in [3.8, 4) is 0 Å². The fourth-order valence-electron chi connectivity index (χ4n) is 2.08. The molecule has 0 aromatic heterocycles. The summed E-state index contributed by atoms with van der Waals surface area (Å²) in [4.78, 5) is 21.5. The molecule has 0 aromatic carbocycles. The predicted octanol–water partition coefficient (Wildman–Crippen LogP) is -1.39. The summed E-state index contributed by atoms with van der Waals surface area (Å²) in [5.74, 6) is -0.590. The molecule has 2 saturated heterocycles. The normalized spacial score (nSPS) is 29.3. The van der Waals surface area contributed by atoms with Crippen LogP contribution >= 0.6 is 24.8 Å². The van der Waals surface area contributed by atoms with Gasteiger partial charge in [-0.1, -0.05) is 0 Å². The van der Waals surface area contributed by atoms with E-state index >= 15 is 0 Å². The first-order valence-electron chi connectivity index (χ1n) is 6.46. The maximum atomic E-state index is 10.8. The maximum absolute atomic E-state index is 10.8. The van der Waals surface area contributed by atoms with E-state index < -0.39 is 12.2 Å². The Kier molecular flexibility index (Phi) is 12.7. The second-order valence-electron chi connectivity index (χ2n) is 4.75. The molecule has 0 bridgehead atoms. The Hall–Kier alpha value is -0.640. The van der Waals surface area contributed by atoms with Gasteiger partial charge in [0.2, 0.25) is 0 Å². The van der Waals surface area contributed by atoms with Crippen LogP contribution in [0.15, 0.2) is 0 Å². The van der Waals surface area contributed by atoms with E-state index in [2.05, 4.69) is 20.1 Å². The van der Waals surface area contributed by atoms with Crippen LogP contribution in [0.1, 0.15) is 12.8 Å². The Labute approximate surface area is 141 Å². The molecule has 0 amide bonds. The average molecular weight is 363 g/mol. The van der Waals surface area contributed by atoms with Gasteiger partial charge in [-0.25, -0.2) is 0 Å². The summed E-state index contributed by atoms with van der Waals surface area (Å²) in [5.41, 5.74) is 0. The quantitative estimate of drug-likeness (QED) is 0.443. The molecule has 22 heavy (non-hydrogen) atoms. The monoisotopic (exact) mass is 362 g/mol. The zero-order valence-electron chi connectivity index (χ0n) is 12.5. The van der Waals surface area contributed by atoms with E-state index in [1.165, 1.54) is 14.2 Å². The molecule has 4 N–H and O–H groups in total. The molecule has 0 aliphatic carbocycles. The molecule has 2 rings (SSSR count). The number of aliphatic hydroxyl groups is 2. The van der Waals surface area contributed by atoms with E-state index in [-0.39, 0.29) is 48.8 Å². The molecule has 10 heteroatoms. The minimum atomic E-state index is -0.399. The van der Waals surface area contributed by atoms with Crippen LogP contribution in [0, 0.1) is 0 Å². The van der Waals surface area contributed by atoms with Gasteiger partial charge in [-0.15, -0.1) is 24.8 Å². The van der Waals surface area contributed by atoms with Crippen molar-refractivity contribution in [3.05, 3.63) is 0 Å². The Bertz CT molecular complexity index is 316. The Morgan fingerprint density at radius 1 is 0.864 bits per heavy atom. The Balaban J connectivity index is 0. The van der Waals surface area contributed by atoms with Crippen molar-refractivity contribution in [2.24, 2.45) is 0 Å². The SMILES string of the molecule is COC(=O)[C@@H]1C[C@@H](O)CN1.COC(=O)[C@H]1C[C@H](O)CN1.Cl.Cl. The van der Waals surface area contributed by atoms with Gasteiger partial charge in [0.15, 0.2) is 0 Å². The standard InChI is InChI=1S/2C6H11NO3.2ClH/c2*1-10-6(9)5-2-4(8)3-7-5;;/h2*4-5,7-8H,2-3H2,1H3;2*1H/t2*4-,5+;;/m10../s1. The topological polar surface area (TPSA) is 117 Å². The van der Waals surface area contributed by atoms with Gasteiger partial charge >= 0.3 is 11.9 Å². The van der Waals surface area contributed by atoms with Crippen LogP contribution in [0.2, 0.25) is 0 Å². The lowest BCUT2D eigenvalue weighted by molar-refractivity contribution is -0.143. The molecule has 2 aliphatic rings. The van der Waals surface area contributed by atoms with Crippen molar-refractivity contribution in [2.45, 2.75) is 37.1 Å². The first-order valence-corrected chi connectivity index (χ1v) is 6.46. The number of rotatable bonds is 2. The third-order valence-corrected chi connectivity index (χ3v) is 3.19. The van der Waals surface area contributed by atoms with Gasteiger partial charge in [0.25, 0.3) is 0 Å². The largest absolute Gasteiger partial charge is 0.468 e. The number of hydrogen-bond donors (Lipinski definition) is 4. The number of ether oxygens (including phenoxy) is 2. The number of β-amino-alcohol motifs (C(OH)–C–C–N with tert-alkyl or cyclic N) is 2. The summed E-state index contributed by atoms with van der Waals surface area (Å²) in [6, 6.07) is -0.611. The zero-order valence-corrected chi connectivity index (χ0v) is 14.1. The van der Waals surface area contributed by atoms with Gasteiger partial charge in [-0.2, -0.15) is 0 Å². The fraction of sp³-hybridized carbons (Fsp3) is 0.833. The number of esters is 2. The lowest BCUT2D eigenvalue weighted by Gasteiger charge is -2.05. The van der Waals surface area contributed by atoms with Gasteiger partial charge in [0.1, 0.15) is 12.1 Å². The van der Waals surface area contributed by atoms with E-state index in [1.54, 1.807) is 0 Å². The lowest BCUT2D eigenvalue weighted by Crippen LogP contribution is -2.31. The number of aliphatic hydroxyl groups excluding tert-OH is 2. The Morgan fingerprint density at radius 2 is 1.18 bits per heavy atom. The van der Waals surface area contributed by atoms with Gasteiger partial charge < -0.3 is 30.3 Å². The molecule has 8 nitrogen and oxygen atoms in total. The summed E-state index contributed by atoms with van der Waals surface area (Å²) >= 11 is 0. The third kappa shape index (κ3) is 7.57. The molecule has 0 unspecified atom stereocenters. The fourth-order valence-corrected chi connectivity index (χ4v) is 2.08. The highest BCUT2D eigenvalue weighted by Crippen LogP contribution is 2.07. The van der Waals surface area contributed by atoms with Crippen LogP contribution in [0.25, 0.3) is 0 Å². The molecule has 2 fully saturated rings. The van der Waals surface area contributed by atoms with Crippen LogP contribution in [0.3, 0.4) is 0 Å². The smallest absolute Gasteiger partial charge is 0.322 e. The minimum Gasteiger partial charge on any atom is -0.468 e. The van der Waals surface area contributed by atoms with Gasteiger partial charge in [0, 0.05) is 25.9 Å². The van der Waals surface area contributed by atoms with Crippen molar-refractivity contribution < 1.29 is 29.3 Å². The highest BCUT2D eigenvalue weighted by atomic mass is 35.5. The van der Waals surface area contributed by atoms with Crippen LogP contribution < -0.4 is 10.6 Å². The van der Waals surface area contributed by atoms with Crippen LogP contribution in [0.5, 0.6) is 0 Å². The first-order chi connectivity index (χ1) is 9.47. The number of methoxy groups -OCH3 is 2. The molecule has 0 aromatic rings. The van der Waals surface area contributed by atoms with E-state index in [9.17, 15) is 9.59 Å². The molecule has 2 aliphatic heterocycles. The zero-order chi connectivity index (χ0) is 15.1. The predicted molar refractivity (Wildman–Crippen MR) is 83.4 cm³/mol. The van der Waals surface area contributed by atoms with Crippen LogP contribution in [-0.4, -0.2) is 73.8 Å². The average Bonchev–Trinajstić information content (AvgIpc) is 3.06. The lowest BCUT2D eigenvalue weighted by atomic mass is 10.2. The second kappa shape index (κ2) is 11.9. The van der Waals surface area contributed by atoms with Crippen molar-refractivity contribution in [1.82, 2.24) is 10.6 Å². The number of hydrogen-bond acceptors (Lipinski definition) is 8. The van der Waals surface area contributed by atoms with E-state index in [0.717, 1.165) is 0 Å². The molecule has 4 atom stereocenters. The maximum Gasteiger partial charge on any atom is 0.322 e. The molecular formula is C12H24Cl2N2O6. The highest BCUT2D eigenvalue weighted by Gasteiger charge is 2.29. The molecule has 2 heterocycles. The number of halogens is 2. The molecule has 132 valence electrons. The summed E-state index contributed by atoms with van der Waals surface area (Å²) < 4.78 is 8.94. The van der Waals surface area contributed by atoms with Crippen molar-refractivity contribution in [2.75, 3.05) is 27.3 Å². The molecular weight excluding hydrogens is 339 g/mol. The van der Waals surface area contributed by atoms with Crippen LogP contribution in [0.4, 0.5) is 0 Å². The van der Waals surface area contributed by atoms with Gasteiger partial charge in [-0.3, -0.25) is 9.59 Å². The van der Waals surface area contributed by atoms with Crippen molar-refractivity contribution in [1.29, 1.82) is 0 Å². The number of nitrogens with one attached hydrogen (secondary N) is 2. The number of carbonyl (C=O) groups is 2. The molecule has 0 spiro atoms. The summed E-state index contributed by atoms with van der Waals surface area (Å²) in [6.45, 7) is 0.972. The van der Waals surface area contributed by atoms with Crippen molar-refractivity contribution >= 4 is 36.8 Å². The van der Waals surface area contributed by atoms with E-state index in [1.807, 2.05) is 0 Å². The van der Waals surface area contributed by atoms with E-state index in [0.29, 0.717) is 25.9 Å². The minimum absolute atomic E-state index is 0. The first kappa shape index (κ1) is 23.6. The van der Waals surface area contributed by atoms with Crippen molar-refractivity contribution in [3.63, 3.8) is 0 Å². The highest BCUT2D eigenvalue weighted by molar-refractivity contribution is 5.85. The molecule has 0 radical (unpaired) electrons. The second-order valence-corrected chi connectivity index (χ2v) is 4.75. The Morgan fingerprint density at radius 3 is 1.36 bits per heavy atom. The van der Waals surface area contributed by atoms with E-state index in [4.69, 9.17) is 10.2 Å². The summed E-state index contributed by atoms with van der Waals surface area (Å²) in [5, 5.41) is 23.6. The summed E-state index contributed by atoms with van der Waals surface area (Å²) in [6.07, 6.45) is 0.132.